The van der Waals surface area contributed by atoms with E-state index in [0.29, 0.717) is 0 Å². The summed E-state index contributed by atoms with van der Waals surface area (Å²) in [7, 11) is -2.68. The molecule has 0 bridgehead atoms. The quantitative estimate of drug-likeness (QED) is 0.0794. The van der Waals surface area contributed by atoms with Gasteiger partial charge in [0.2, 0.25) is 15.8 Å². The molecule has 51 heavy (non-hydrogen) atoms. The normalized spacial score (nSPS) is 26.2. The van der Waals surface area contributed by atoms with Crippen LogP contribution in [0.25, 0.3) is 0 Å². The number of nitrogens with one attached hydrogen (secondary N) is 1. The highest BCUT2D eigenvalue weighted by Gasteiger charge is 2.49. The number of rotatable bonds is 7. The molecule has 16 nitrogen and oxygen atoms in total. The van der Waals surface area contributed by atoms with Gasteiger partial charge >= 0.3 is 0 Å². The van der Waals surface area contributed by atoms with Crippen LogP contribution in [0.15, 0.2) is 52.5 Å². The molecule has 1 aliphatic heterocycles. The number of methoxy groups -OCH3 is 1. The van der Waals surface area contributed by atoms with Crippen molar-refractivity contribution in [3.05, 3.63) is 81.4 Å². The number of aliphatic hydroxyl groups is 2. The van der Waals surface area contributed by atoms with Crippen LogP contribution in [-0.4, -0.2) is 89.3 Å². The lowest BCUT2D eigenvalue weighted by Crippen LogP contribution is -2.52. The fraction of sp³-hybridized carbons (Fsp3) is 0.353. The molecule has 3 aromatic rings. The summed E-state index contributed by atoms with van der Waals surface area (Å²) in [4.78, 5) is 40.4. The third-order valence-electron chi connectivity index (χ3n) is 9.59. The number of carbonyl (C=O) groups excluding carboxylic acids is 3. The number of phenols is 2. The minimum Gasteiger partial charge on any atom is -0.507 e. The van der Waals surface area contributed by atoms with Crippen molar-refractivity contribution in [2.24, 2.45) is 16.0 Å². The molecular weight excluding hydrogens is 688 g/mol. The van der Waals surface area contributed by atoms with Gasteiger partial charge in [0.05, 0.1) is 52.7 Å². The van der Waals surface area contributed by atoms with Gasteiger partial charge in [0, 0.05) is 47.6 Å². The topological polar surface area (TPSA) is 270 Å². The second kappa shape index (κ2) is 13.1. The third-order valence-corrected chi connectivity index (χ3v) is 10.5. The first-order valence-corrected chi connectivity index (χ1v) is 17.3. The lowest BCUT2D eigenvalue weighted by molar-refractivity contribution is -0.245. The summed E-state index contributed by atoms with van der Waals surface area (Å²) in [5, 5.41) is 55.1. The van der Waals surface area contributed by atoms with Gasteiger partial charge in [-0.15, -0.1) is 0 Å². The zero-order chi connectivity index (χ0) is 37.2. The number of nitrogens with zero attached hydrogens (tertiary/aromatic N) is 1. The predicted octanol–water partition coefficient (Wildman–Crippen LogP) is 0.893. The summed E-state index contributed by atoms with van der Waals surface area (Å²) < 4.78 is 40.6. The van der Waals surface area contributed by atoms with E-state index in [-0.39, 0.29) is 57.0 Å². The molecule has 1 heterocycles. The van der Waals surface area contributed by atoms with Crippen molar-refractivity contribution < 1.29 is 57.4 Å². The fourth-order valence-corrected chi connectivity index (χ4v) is 7.28. The van der Waals surface area contributed by atoms with E-state index in [9.17, 15) is 43.2 Å². The Morgan fingerprint density at radius 1 is 1.06 bits per heavy atom. The number of aromatic hydroxyl groups is 2. The number of hydrogen-bond donors (Lipinski definition) is 7. The first-order valence-electron chi connectivity index (χ1n) is 15.8. The van der Waals surface area contributed by atoms with E-state index in [1.54, 1.807) is 6.92 Å². The van der Waals surface area contributed by atoms with Crippen molar-refractivity contribution in [2.75, 3.05) is 7.11 Å². The fourth-order valence-electron chi connectivity index (χ4n) is 6.77. The van der Waals surface area contributed by atoms with E-state index in [1.807, 2.05) is 0 Å². The number of phenolic OH excluding ortho intramolecular Hbond substituents is 2. The minimum absolute atomic E-state index is 0.00280. The summed E-state index contributed by atoms with van der Waals surface area (Å²) in [6.07, 6.45) is -4.95. The van der Waals surface area contributed by atoms with Gasteiger partial charge < -0.3 is 40.4 Å². The Bertz CT molecular complexity index is 2090. The molecule has 1 fully saturated rings. The first-order chi connectivity index (χ1) is 24.0. The average Bonchev–Trinajstić information content (AvgIpc) is 3.08. The zero-order valence-electron chi connectivity index (χ0n) is 27.6. The summed E-state index contributed by atoms with van der Waals surface area (Å²) >= 11 is 0. The van der Waals surface area contributed by atoms with Gasteiger partial charge in [-0.3, -0.25) is 14.4 Å². The van der Waals surface area contributed by atoms with Crippen LogP contribution in [0.1, 0.15) is 86.1 Å². The van der Waals surface area contributed by atoms with Gasteiger partial charge in [-0.25, -0.2) is 19.0 Å². The van der Waals surface area contributed by atoms with Gasteiger partial charge in [0.1, 0.15) is 22.8 Å². The number of carbonyl (C=O) groups is 3. The van der Waals surface area contributed by atoms with Crippen LogP contribution < -0.4 is 21.0 Å². The summed E-state index contributed by atoms with van der Waals surface area (Å²) in [6.45, 7) is 2.98. The Kier molecular flexibility index (Phi) is 9.26. The lowest BCUT2D eigenvalue weighted by atomic mass is 9.71. The van der Waals surface area contributed by atoms with E-state index in [0.717, 1.165) is 12.1 Å². The standard InChI is InChI=1S/C34H36N4O12S/c1-14-28(39)20(35)11-23(49-14)50-22-13-34(45,15(2)37-38-33(44)16-7-9-17(10-8-16)51(36,46)47)12-19-25(22)32(43)27-26(30(19)41)29(40)18-5-4-6-21(48-3)24(18)31(27)42/h4-10,14,20,22-23,28,39,41,43,45H,11-13,35H2,1-3H3,(H,38,44)(H2,36,46,47)/b37-15+/t14?,20?,22-,23?,28?,34-/m0/s1. The van der Waals surface area contributed by atoms with Crippen LogP contribution in [0.3, 0.4) is 0 Å². The molecule has 0 aromatic heterocycles. The molecule has 3 aromatic carbocycles. The van der Waals surface area contributed by atoms with Gasteiger partial charge in [0.15, 0.2) is 12.1 Å². The van der Waals surface area contributed by atoms with Crippen LogP contribution in [0.2, 0.25) is 0 Å². The second-order valence-corrected chi connectivity index (χ2v) is 14.3. The Labute approximate surface area is 291 Å². The number of nitrogens with two attached hydrogens (primary N) is 2. The number of fused-ring (bicyclic) bond motifs is 3. The lowest BCUT2D eigenvalue weighted by Gasteiger charge is -2.42. The number of sulfonamides is 1. The van der Waals surface area contributed by atoms with Crippen molar-refractivity contribution in [1.82, 2.24) is 5.43 Å². The number of primary sulfonamides is 1. The molecule has 4 unspecified atom stereocenters. The van der Waals surface area contributed by atoms with Gasteiger partial charge in [-0.1, -0.05) is 12.1 Å². The SMILES string of the molecule is COc1cccc2c1C(=O)c1c(O)c3c(c(O)c1C2=O)C[C@@](O)(/C(C)=N/NC(=O)c1ccc(S(N)(=O)=O)cc1)C[C@@H]3OC1CC(N)C(O)C(C)O1. The molecule has 0 saturated carbocycles. The molecule has 17 heteroatoms. The maximum Gasteiger partial charge on any atom is 0.271 e. The monoisotopic (exact) mass is 724 g/mol. The van der Waals surface area contributed by atoms with E-state index in [2.05, 4.69) is 10.5 Å². The molecule has 3 aliphatic rings. The van der Waals surface area contributed by atoms with Crippen molar-refractivity contribution in [2.45, 2.75) is 74.3 Å². The van der Waals surface area contributed by atoms with Crippen molar-refractivity contribution in [3.8, 4) is 17.2 Å². The maximum atomic E-state index is 13.9. The van der Waals surface area contributed by atoms with Crippen molar-refractivity contribution in [1.29, 1.82) is 0 Å². The highest BCUT2D eigenvalue weighted by molar-refractivity contribution is 7.89. The molecule has 1 saturated heterocycles. The van der Waals surface area contributed by atoms with Crippen LogP contribution in [0, 0.1) is 0 Å². The summed E-state index contributed by atoms with van der Waals surface area (Å²) in [5.41, 5.74) is 5.07. The molecule has 1 amide bonds. The number of aliphatic hydroxyl groups excluding tert-OH is 1. The van der Waals surface area contributed by atoms with Crippen LogP contribution >= 0.6 is 0 Å². The average molecular weight is 725 g/mol. The minimum atomic E-state index is -4.00. The van der Waals surface area contributed by atoms with E-state index < -0.39 is 92.8 Å². The third kappa shape index (κ3) is 6.26. The summed E-state index contributed by atoms with van der Waals surface area (Å²) in [6, 6.07) is 8.34. The molecule has 2 aliphatic carbocycles. The molecule has 9 N–H and O–H groups in total. The second-order valence-electron chi connectivity index (χ2n) is 12.8. The Morgan fingerprint density at radius 3 is 2.35 bits per heavy atom. The molecule has 6 rings (SSSR count). The number of ether oxygens (including phenoxy) is 3. The Balaban J connectivity index is 1.41. The van der Waals surface area contributed by atoms with Crippen LogP contribution in [-0.2, 0) is 25.9 Å². The van der Waals surface area contributed by atoms with Crippen molar-refractivity contribution >= 4 is 33.2 Å². The van der Waals surface area contributed by atoms with E-state index >= 15 is 0 Å². The first kappa shape index (κ1) is 36.1. The molecular formula is C34H36N4O12S. The van der Waals surface area contributed by atoms with Gasteiger partial charge in [-0.2, -0.15) is 5.10 Å². The largest absolute Gasteiger partial charge is 0.507 e. The molecule has 270 valence electrons. The highest BCUT2D eigenvalue weighted by atomic mass is 32.2. The number of ketones is 2. The molecule has 6 atom stereocenters. The maximum absolute atomic E-state index is 13.9. The number of benzene rings is 3. The van der Waals surface area contributed by atoms with Gasteiger partial charge in [-0.05, 0) is 44.2 Å². The van der Waals surface area contributed by atoms with E-state index in [1.165, 1.54) is 44.4 Å². The predicted molar refractivity (Wildman–Crippen MR) is 178 cm³/mol. The van der Waals surface area contributed by atoms with E-state index in [4.69, 9.17) is 25.1 Å². The highest BCUT2D eigenvalue weighted by Crippen LogP contribution is 2.52. The zero-order valence-corrected chi connectivity index (χ0v) is 28.4. The van der Waals surface area contributed by atoms with Crippen LogP contribution in [0.5, 0.6) is 17.2 Å². The number of amides is 1. The molecule has 0 spiro atoms. The Hall–Kier alpha value is -4.75. The smallest absolute Gasteiger partial charge is 0.271 e. The Morgan fingerprint density at radius 2 is 1.73 bits per heavy atom. The number of hydrogen-bond acceptors (Lipinski definition) is 14. The van der Waals surface area contributed by atoms with Crippen molar-refractivity contribution in [3.63, 3.8) is 0 Å². The van der Waals surface area contributed by atoms with Gasteiger partial charge in [0.25, 0.3) is 5.91 Å². The number of hydrazone groups is 1. The van der Waals surface area contributed by atoms with Crippen LogP contribution in [0.4, 0.5) is 0 Å². The summed E-state index contributed by atoms with van der Waals surface area (Å²) in [5.74, 6) is -3.55. The molecule has 0 radical (unpaired) electrons.